The van der Waals surface area contributed by atoms with E-state index in [9.17, 15) is 13.2 Å². The van der Waals surface area contributed by atoms with Crippen molar-refractivity contribution in [3.05, 3.63) is 17.5 Å². The zero-order valence-electron chi connectivity index (χ0n) is 15.2. The molecule has 0 bridgehead atoms. The largest absolute Gasteiger partial charge is 0.354 e. The van der Waals surface area contributed by atoms with Gasteiger partial charge < -0.3 is 10.2 Å². The summed E-state index contributed by atoms with van der Waals surface area (Å²) in [6.07, 6.45) is 0.316. The predicted molar refractivity (Wildman–Crippen MR) is 95.4 cm³/mol. The molecule has 1 aliphatic rings. The van der Waals surface area contributed by atoms with Crippen molar-refractivity contribution in [3.63, 3.8) is 0 Å². The van der Waals surface area contributed by atoms with Gasteiger partial charge in [0.15, 0.2) is 0 Å². The van der Waals surface area contributed by atoms with Crippen molar-refractivity contribution in [3.8, 4) is 0 Å². The standard InChI is InChI=1S/C15H26N6O3S/c1-12-11-13(2)18-15(17-12)16-6-5-14(22)20-7-9-21(10-8-20)25(23,24)19(3)4/h11H,5-10H2,1-4H3,(H,16,17,18). The molecular weight excluding hydrogens is 344 g/mol. The molecule has 25 heavy (non-hydrogen) atoms. The third-order valence-electron chi connectivity index (χ3n) is 3.98. The highest BCUT2D eigenvalue weighted by Crippen LogP contribution is 2.11. The fourth-order valence-electron chi connectivity index (χ4n) is 2.64. The molecule has 9 nitrogen and oxygen atoms in total. The van der Waals surface area contributed by atoms with Crippen LogP contribution in [0.3, 0.4) is 0 Å². The van der Waals surface area contributed by atoms with E-state index in [1.807, 2.05) is 19.9 Å². The zero-order valence-corrected chi connectivity index (χ0v) is 16.0. The molecule has 2 heterocycles. The maximum absolute atomic E-state index is 12.3. The van der Waals surface area contributed by atoms with Gasteiger partial charge in [-0.05, 0) is 19.9 Å². The van der Waals surface area contributed by atoms with Gasteiger partial charge in [-0.2, -0.15) is 17.0 Å². The Morgan fingerprint density at radius 1 is 1.16 bits per heavy atom. The molecule has 1 saturated heterocycles. The number of aromatic nitrogens is 2. The molecule has 1 aromatic heterocycles. The molecule has 1 aromatic rings. The Morgan fingerprint density at radius 3 is 2.24 bits per heavy atom. The van der Waals surface area contributed by atoms with E-state index in [2.05, 4.69) is 15.3 Å². The topological polar surface area (TPSA) is 98.7 Å². The van der Waals surface area contributed by atoms with Crippen LogP contribution in [0.1, 0.15) is 17.8 Å². The second-order valence-corrected chi connectivity index (χ2v) is 8.36. The van der Waals surface area contributed by atoms with Gasteiger partial charge in [0.1, 0.15) is 0 Å². The number of nitrogens with one attached hydrogen (secondary N) is 1. The van der Waals surface area contributed by atoms with E-state index in [0.717, 1.165) is 11.4 Å². The van der Waals surface area contributed by atoms with Gasteiger partial charge in [0.2, 0.25) is 11.9 Å². The molecule has 0 radical (unpaired) electrons. The number of rotatable bonds is 6. The van der Waals surface area contributed by atoms with Crippen LogP contribution in [0.4, 0.5) is 5.95 Å². The normalized spacial score (nSPS) is 16.3. The van der Waals surface area contributed by atoms with Crippen LogP contribution < -0.4 is 5.32 Å². The van der Waals surface area contributed by atoms with Crippen LogP contribution in [-0.2, 0) is 15.0 Å². The van der Waals surface area contributed by atoms with Crippen LogP contribution >= 0.6 is 0 Å². The fraction of sp³-hybridized carbons (Fsp3) is 0.667. The van der Waals surface area contributed by atoms with E-state index in [0.29, 0.717) is 45.1 Å². The lowest BCUT2D eigenvalue weighted by Gasteiger charge is -2.35. The van der Waals surface area contributed by atoms with E-state index in [1.54, 1.807) is 4.90 Å². The number of anilines is 1. The van der Waals surface area contributed by atoms with Crippen LogP contribution in [0.25, 0.3) is 0 Å². The second-order valence-electron chi connectivity index (χ2n) is 6.22. The molecule has 1 aliphatic heterocycles. The molecule has 0 saturated carbocycles. The first-order chi connectivity index (χ1) is 11.7. The van der Waals surface area contributed by atoms with Gasteiger partial charge in [-0.25, -0.2) is 9.97 Å². The third kappa shape index (κ3) is 5.10. The molecule has 0 aliphatic carbocycles. The molecule has 1 N–H and O–H groups in total. The second kappa shape index (κ2) is 8.07. The van der Waals surface area contributed by atoms with Crippen molar-refractivity contribution in [2.75, 3.05) is 52.1 Å². The van der Waals surface area contributed by atoms with Crippen LogP contribution in [-0.4, -0.2) is 84.6 Å². The van der Waals surface area contributed by atoms with Crippen LogP contribution in [0.15, 0.2) is 6.07 Å². The molecule has 0 unspecified atom stereocenters. The summed E-state index contributed by atoms with van der Waals surface area (Å²) in [5, 5.41) is 3.06. The van der Waals surface area contributed by atoms with Gasteiger partial charge in [-0.1, -0.05) is 0 Å². The first kappa shape index (κ1) is 19.5. The average Bonchev–Trinajstić information content (AvgIpc) is 2.53. The highest BCUT2D eigenvalue weighted by atomic mass is 32.2. The van der Waals surface area contributed by atoms with Crippen molar-refractivity contribution in [2.24, 2.45) is 0 Å². The number of carbonyl (C=O) groups excluding carboxylic acids is 1. The van der Waals surface area contributed by atoms with Gasteiger partial charge in [0, 0.05) is 64.6 Å². The van der Waals surface area contributed by atoms with Crippen LogP contribution in [0.2, 0.25) is 0 Å². The highest BCUT2D eigenvalue weighted by molar-refractivity contribution is 7.86. The zero-order chi connectivity index (χ0) is 18.6. The van der Waals surface area contributed by atoms with E-state index in [-0.39, 0.29) is 5.91 Å². The Labute approximate surface area is 149 Å². The molecule has 1 fully saturated rings. The van der Waals surface area contributed by atoms with Gasteiger partial charge in [0.05, 0.1) is 0 Å². The number of amides is 1. The molecule has 140 valence electrons. The average molecular weight is 370 g/mol. The SMILES string of the molecule is Cc1cc(C)nc(NCCC(=O)N2CCN(S(=O)(=O)N(C)C)CC2)n1. The number of hydrogen-bond acceptors (Lipinski definition) is 6. The van der Waals surface area contributed by atoms with Crippen LogP contribution in [0, 0.1) is 13.8 Å². The third-order valence-corrected chi connectivity index (χ3v) is 5.92. The van der Waals surface area contributed by atoms with Crippen molar-refractivity contribution in [1.29, 1.82) is 0 Å². The first-order valence-corrected chi connectivity index (χ1v) is 9.61. The summed E-state index contributed by atoms with van der Waals surface area (Å²) < 4.78 is 26.7. The molecule has 0 atom stereocenters. The summed E-state index contributed by atoms with van der Waals surface area (Å²) in [5.74, 6) is 0.519. The minimum absolute atomic E-state index is 0.00113. The Balaban J connectivity index is 1.79. The molecule has 0 aromatic carbocycles. The Bertz CT molecular complexity index is 694. The van der Waals surface area contributed by atoms with Crippen molar-refractivity contribution in [2.45, 2.75) is 20.3 Å². The van der Waals surface area contributed by atoms with Gasteiger partial charge in [-0.15, -0.1) is 0 Å². The Morgan fingerprint density at radius 2 is 1.72 bits per heavy atom. The van der Waals surface area contributed by atoms with Crippen molar-refractivity contribution < 1.29 is 13.2 Å². The highest BCUT2D eigenvalue weighted by Gasteiger charge is 2.29. The summed E-state index contributed by atoms with van der Waals surface area (Å²) in [7, 11) is -0.395. The van der Waals surface area contributed by atoms with E-state index in [4.69, 9.17) is 0 Å². The molecule has 1 amide bonds. The van der Waals surface area contributed by atoms with Gasteiger partial charge in [-0.3, -0.25) is 4.79 Å². The molecular formula is C15H26N6O3S. The number of carbonyl (C=O) groups is 1. The number of hydrogen-bond donors (Lipinski definition) is 1. The summed E-state index contributed by atoms with van der Waals surface area (Å²) in [6.45, 7) is 5.69. The maximum atomic E-state index is 12.3. The number of piperazine rings is 1. The lowest BCUT2D eigenvalue weighted by molar-refractivity contribution is -0.132. The van der Waals surface area contributed by atoms with Crippen molar-refractivity contribution >= 4 is 22.1 Å². The lowest BCUT2D eigenvalue weighted by Crippen LogP contribution is -2.53. The van der Waals surface area contributed by atoms with E-state index in [1.165, 1.54) is 22.7 Å². The molecule has 10 heteroatoms. The quantitative estimate of drug-likeness (QED) is 0.747. The predicted octanol–water partition coefficient (Wildman–Crippen LogP) is -0.154. The summed E-state index contributed by atoms with van der Waals surface area (Å²) in [4.78, 5) is 22.5. The smallest absolute Gasteiger partial charge is 0.281 e. The van der Waals surface area contributed by atoms with Gasteiger partial charge in [0.25, 0.3) is 10.2 Å². The van der Waals surface area contributed by atoms with Crippen LogP contribution in [0.5, 0.6) is 0 Å². The minimum atomic E-state index is -3.41. The molecule has 0 spiro atoms. The monoisotopic (exact) mass is 370 g/mol. The van der Waals surface area contributed by atoms with E-state index >= 15 is 0 Å². The Hall–Kier alpha value is -1.78. The molecule has 2 rings (SSSR count). The van der Waals surface area contributed by atoms with Gasteiger partial charge >= 0.3 is 0 Å². The first-order valence-electron chi connectivity index (χ1n) is 8.21. The maximum Gasteiger partial charge on any atom is 0.281 e. The van der Waals surface area contributed by atoms with E-state index < -0.39 is 10.2 Å². The summed E-state index contributed by atoms with van der Waals surface area (Å²) in [5.41, 5.74) is 1.75. The number of nitrogens with zero attached hydrogens (tertiary/aromatic N) is 5. The number of aryl methyl sites for hydroxylation is 2. The summed E-state index contributed by atoms with van der Waals surface area (Å²) in [6, 6.07) is 1.89. The summed E-state index contributed by atoms with van der Waals surface area (Å²) >= 11 is 0. The Kier molecular flexibility index (Phi) is 6.31. The minimum Gasteiger partial charge on any atom is -0.354 e. The lowest BCUT2D eigenvalue weighted by atomic mass is 10.3. The fourth-order valence-corrected chi connectivity index (χ4v) is 3.73. The van der Waals surface area contributed by atoms with Crippen molar-refractivity contribution in [1.82, 2.24) is 23.5 Å².